The fourth-order valence-electron chi connectivity index (χ4n) is 2.27. The molecule has 2 rings (SSSR count). The Morgan fingerprint density at radius 2 is 1.88 bits per heavy atom. The Bertz CT molecular complexity index is 737. The number of amides is 2. The van der Waals surface area contributed by atoms with Gasteiger partial charge in [-0.2, -0.15) is 0 Å². The van der Waals surface area contributed by atoms with E-state index in [1.165, 1.54) is 19.2 Å². The molecule has 0 aliphatic rings. The topological polar surface area (TPSA) is 90.7 Å². The van der Waals surface area contributed by atoms with E-state index in [0.29, 0.717) is 5.56 Å². The van der Waals surface area contributed by atoms with Crippen LogP contribution in [0.5, 0.6) is 5.75 Å². The zero-order chi connectivity index (χ0) is 18.2. The molecule has 2 amide bonds. The number of esters is 1. The molecule has 0 heterocycles. The van der Waals surface area contributed by atoms with Gasteiger partial charge < -0.3 is 20.5 Å². The van der Waals surface area contributed by atoms with E-state index in [0.717, 1.165) is 5.56 Å². The summed E-state index contributed by atoms with van der Waals surface area (Å²) in [5.41, 5.74) is 6.43. The van der Waals surface area contributed by atoms with Gasteiger partial charge in [0.05, 0.1) is 7.11 Å². The summed E-state index contributed by atoms with van der Waals surface area (Å²) >= 11 is 0. The van der Waals surface area contributed by atoms with Crippen molar-refractivity contribution in [3.8, 4) is 5.75 Å². The first kappa shape index (κ1) is 18.3. The van der Waals surface area contributed by atoms with Crippen molar-refractivity contribution in [2.45, 2.75) is 19.1 Å². The van der Waals surface area contributed by atoms with Crippen LogP contribution in [0, 0.1) is 5.82 Å². The number of hydrogen-bond donors (Lipinski definition) is 2. The number of ether oxygens (including phenoxy) is 2. The maximum Gasteiger partial charge on any atom is 0.329 e. The summed E-state index contributed by atoms with van der Waals surface area (Å²) in [6.45, 7) is -0.133. The van der Waals surface area contributed by atoms with E-state index in [2.05, 4.69) is 5.32 Å². The summed E-state index contributed by atoms with van der Waals surface area (Å²) in [7, 11) is 1.36. The van der Waals surface area contributed by atoms with E-state index in [1.54, 1.807) is 6.07 Å². The standard InChI is InChI=1S/C18H19FN2O4/c1-24-16-8-7-13(9-14(16)19)11-25-17(22)15(21-18(20)23)10-12-5-3-2-4-6-12/h2-9,15H,10-11H2,1H3,(H3,20,21,23)/t15-/m0/s1. The molecule has 0 aliphatic heterocycles. The number of hydrogen-bond acceptors (Lipinski definition) is 4. The van der Waals surface area contributed by atoms with Crippen LogP contribution in [0.1, 0.15) is 11.1 Å². The van der Waals surface area contributed by atoms with Crippen molar-refractivity contribution in [1.82, 2.24) is 5.32 Å². The third kappa shape index (κ3) is 5.49. The molecule has 0 fully saturated rings. The number of urea groups is 1. The number of carbonyl (C=O) groups excluding carboxylic acids is 2. The van der Waals surface area contributed by atoms with E-state index in [4.69, 9.17) is 15.2 Å². The average Bonchev–Trinajstić information content (AvgIpc) is 2.59. The fraction of sp³-hybridized carbons (Fsp3) is 0.222. The van der Waals surface area contributed by atoms with Crippen molar-refractivity contribution in [3.63, 3.8) is 0 Å². The molecular weight excluding hydrogens is 327 g/mol. The maximum atomic E-state index is 13.7. The summed E-state index contributed by atoms with van der Waals surface area (Å²) in [4.78, 5) is 23.4. The second-order valence-electron chi connectivity index (χ2n) is 5.33. The predicted molar refractivity (Wildman–Crippen MR) is 89.4 cm³/mol. The third-order valence-corrected chi connectivity index (χ3v) is 3.48. The number of carbonyl (C=O) groups is 2. The lowest BCUT2D eigenvalue weighted by Crippen LogP contribution is -2.45. The molecule has 2 aromatic rings. The lowest BCUT2D eigenvalue weighted by Gasteiger charge is -2.17. The monoisotopic (exact) mass is 346 g/mol. The van der Waals surface area contributed by atoms with Gasteiger partial charge in [0, 0.05) is 6.42 Å². The Morgan fingerprint density at radius 3 is 2.48 bits per heavy atom. The van der Waals surface area contributed by atoms with Crippen LogP contribution in [0.15, 0.2) is 48.5 Å². The van der Waals surface area contributed by atoms with Crippen molar-refractivity contribution in [3.05, 3.63) is 65.5 Å². The predicted octanol–water partition coefficient (Wildman–Crippen LogP) is 2.16. The van der Waals surface area contributed by atoms with Gasteiger partial charge in [0.25, 0.3) is 0 Å². The lowest BCUT2D eigenvalue weighted by atomic mass is 10.1. The average molecular weight is 346 g/mol. The van der Waals surface area contributed by atoms with Gasteiger partial charge in [-0.15, -0.1) is 0 Å². The largest absolute Gasteiger partial charge is 0.494 e. The number of rotatable bonds is 7. The molecule has 0 saturated heterocycles. The van der Waals surface area contributed by atoms with Gasteiger partial charge in [0.15, 0.2) is 11.6 Å². The van der Waals surface area contributed by atoms with E-state index >= 15 is 0 Å². The number of methoxy groups -OCH3 is 1. The number of benzene rings is 2. The quantitative estimate of drug-likeness (QED) is 0.752. The van der Waals surface area contributed by atoms with Crippen LogP contribution in [-0.2, 0) is 22.6 Å². The second kappa shape index (κ2) is 8.68. The fourth-order valence-corrected chi connectivity index (χ4v) is 2.27. The minimum Gasteiger partial charge on any atom is -0.494 e. The van der Waals surface area contributed by atoms with Gasteiger partial charge in [-0.1, -0.05) is 36.4 Å². The number of nitrogens with two attached hydrogens (primary N) is 1. The minimum atomic E-state index is -0.928. The van der Waals surface area contributed by atoms with Crippen LogP contribution in [-0.4, -0.2) is 25.2 Å². The minimum absolute atomic E-state index is 0.104. The highest BCUT2D eigenvalue weighted by Crippen LogP contribution is 2.18. The molecule has 132 valence electrons. The highest BCUT2D eigenvalue weighted by atomic mass is 19.1. The van der Waals surface area contributed by atoms with E-state index in [9.17, 15) is 14.0 Å². The molecule has 1 atom stereocenters. The Balaban J connectivity index is 2.01. The first-order chi connectivity index (χ1) is 12.0. The highest BCUT2D eigenvalue weighted by Gasteiger charge is 2.22. The molecule has 7 heteroatoms. The van der Waals surface area contributed by atoms with Crippen LogP contribution < -0.4 is 15.8 Å². The molecule has 0 aliphatic carbocycles. The van der Waals surface area contributed by atoms with E-state index in [1.807, 2.05) is 30.3 Å². The molecule has 0 unspecified atom stereocenters. The molecule has 3 N–H and O–H groups in total. The summed E-state index contributed by atoms with van der Waals surface area (Å²) in [5.74, 6) is -1.10. The molecular formula is C18H19FN2O4. The molecule has 0 aromatic heterocycles. The zero-order valence-corrected chi connectivity index (χ0v) is 13.7. The first-order valence-corrected chi connectivity index (χ1v) is 7.58. The van der Waals surface area contributed by atoms with Gasteiger partial charge in [-0.25, -0.2) is 14.0 Å². The summed E-state index contributed by atoms with van der Waals surface area (Å²) < 4.78 is 23.7. The van der Waals surface area contributed by atoms with Crippen molar-refractivity contribution in [1.29, 1.82) is 0 Å². The van der Waals surface area contributed by atoms with Gasteiger partial charge in [-0.3, -0.25) is 0 Å². The number of halogens is 1. The zero-order valence-electron chi connectivity index (χ0n) is 13.7. The Morgan fingerprint density at radius 1 is 1.16 bits per heavy atom. The molecule has 0 bridgehead atoms. The van der Waals surface area contributed by atoms with Crippen molar-refractivity contribution < 1.29 is 23.5 Å². The summed E-state index contributed by atoms with van der Waals surface area (Å²) in [5, 5.41) is 2.36. The van der Waals surface area contributed by atoms with Crippen molar-refractivity contribution >= 4 is 12.0 Å². The second-order valence-corrected chi connectivity index (χ2v) is 5.33. The van der Waals surface area contributed by atoms with Crippen LogP contribution in [0.2, 0.25) is 0 Å². The van der Waals surface area contributed by atoms with Crippen LogP contribution in [0.3, 0.4) is 0 Å². The van der Waals surface area contributed by atoms with Gasteiger partial charge in [-0.05, 0) is 23.3 Å². The highest BCUT2D eigenvalue weighted by molar-refractivity contribution is 5.83. The van der Waals surface area contributed by atoms with Crippen molar-refractivity contribution in [2.75, 3.05) is 7.11 Å². The Kier molecular flexibility index (Phi) is 6.33. The van der Waals surface area contributed by atoms with Crippen LogP contribution in [0.25, 0.3) is 0 Å². The SMILES string of the molecule is COc1ccc(COC(=O)[C@H](Cc2ccccc2)NC(N)=O)cc1F. The van der Waals surface area contributed by atoms with Gasteiger partial charge in [0.1, 0.15) is 12.6 Å². The smallest absolute Gasteiger partial charge is 0.329 e. The Labute approximate surface area is 144 Å². The van der Waals surface area contributed by atoms with E-state index < -0.39 is 23.9 Å². The number of primary amides is 1. The normalized spacial score (nSPS) is 11.4. The van der Waals surface area contributed by atoms with Gasteiger partial charge in [0.2, 0.25) is 0 Å². The van der Waals surface area contributed by atoms with Gasteiger partial charge >= 0.3 is 12.0 Å². The maximum absolute atomic E-state index is 13.7. The first-order valence-electron chi connectivity index (χ1n) is 7.58. The number of nitrogens with one attached hydrogen (secondary N) is 1. The molecule has 6 nitrogen and oxygen atoms in total. The third-order valence-electron chi connectivity index (χ3n) is 3.48. The van der Waals surface area contributed by atoms with Crippen LogP contribution in [0.4, 0.5) is 9.18 Å². The van der Waals surface area contributed by atoms with Crippen LogP contribution >= 0.6 is 0 Å². The summed E-state index contributed by atoms with van der Waals surface area (Å²) in [6, 6.07) is 11.6. The molecule has 25 heavy (non-hydrogen) atoms. The molecule has 0 spiro atoms. The molecule has 2 aromatic carbocycles. The van der Waals surface area contributed by atoms with E-state index in [-0.39, 0.29) is 18.8 Å². The Hall–Kier alpha value is -3.09. The van der Waals surface area contributed by atoms with Crippen molar-refractivity contribution in [2.24, 2.45) is 5.73 Å². The lowest BCUT2D eigenvalue weighted by molar-refractivity contribution is -0.147. The molecule has 0 saturated carbocycles. The summed E-state index contributed by atoms with van der Waals surface area (Å²) in [6.07, 6.45) is 0.236. The molecule has 0 radical (unpaired) electrons.